The predicted octanol–water partition coefficient (Wildman–Crippen LogP) is 1.77. The Morgan fingerprint density at radius 1 is 1.16 bits per heavy atom. The van der Waals surface area contributed by atoms with Crippen LogP contribution in [0.4, 0.5) is 4.39 Å². The first-order chi connectivity index (χ1) is 11.8. The second kappa shape index (κ2) is 8.19. The number of halogens is 1. The molecule has 0 amide bonds. The van der Waals surface area contributed by atoms with Gasteiger partial charge >= 0.3 is 5.97 Å². The largest absolute Gasteiger partial charge is 0.465 e. The standard InChI is InChI=1S/C17H18FNO5S/c1-2-24-17(21)15(16(20)12-6-4-3-5-7-12)19-25(22,23)14-10-8-13(18)9-11-14/h3-11,15-16,19-20H,2H2,1H3. The van der Waals surface area contributed by atoms with E-state index in [0.29, 0.717) is 5.56 Å². The van der Waals surface area contributed by atoms with Crippen LogP contribution in [0, 0.1) is 5.82 Å². The number of carbonyl (C=O) groups excluding carboxylic acids is 1. The maximum absolute atomic E-state index is 13.0. The summed E-state index contributed by atoms with van der Waals surface area (Å²) in [5, 5.41) is 10.4. The smallest absolute Gasteiger partial charge is 0.327 e. The maximum Gasteiger partial charge on any atom is 0.327 e. The molecule has 2 aromatic rings. The quantitative estimate of drug-likeness (QED) is 0.728. The van der Waals surface area contributed by atoms with Gasteiger partial charge in [-0.25, -0.2) is 12.8 Å². The molecule has 25 heavy (non-hydrogen) atoms. The molecular formula is C17H18FNO5S. The molecule has 2 atom stereocenters. The predicted molar refractivity (Wildman–Crippen MR) is 88.5 cm³/mol. The van der Waals surface area contributed by atoms with Gasteiger partial charge in [0.05, 0.1) is 11.5 Å². The molecule has 2 aromatic carbocycles. The van der Waals surface area contributed by atoms with Gasteiger partial charge in [0, 0.05) is 0 Å². The van der Waals surface area contributed by atoms with Crippen LogP contribution in [0.15, 0.2) is 59.5 Å². The first kappa shape index (κ1) is 19.0. The van der Waals surface area contributed by atoms with Crippen LogP contribution in [0.3, 0.4) is 0 Å². The highest BCUT2D eigenvalue weighted by Gasteiger charge is 2.33. The average Bonchev–Trinajstić information content (AvgIpc) is 2.60. The number of hydrogen-bond donors (Lipinski definition) is 2. The third-order valence-corrected chi connectivity index (χ3v) is 4.86. The van der Waals surface area contributed by atoms with Crippen molar-refractivity contribution in [1.29, 1.82) is 0 Å². The number of ether oxygens (including phenoxy) is 1. The van der Waals surface area contributed by atoms with Crippen molar-refractivity contribution in [3.63, 3.8) is 0 Å². The lowest BCUT2D eigenvalue weighted by atomic mass is 10.0. The third-order valence-electron chi connectivity index (χ3n) is 3.40. The number of sulfonamides is 1. The number of benzene rings is 2. The van der Waals surface area contributed by atoms with Crippen LogP contribution in [0.25, 0.3) is 0 Å². The Balaban J connectivity index is 2.32. The molecule has 0 aliphatic heterocycles. The van der Waals surface area contributed by atoms with Crippen LogP contribution in [0.5, 0.6) is 0 Å². The Kier molecular flexibility index (Phi) is 6.24. The molecule has 8 heteroatoms. The first-order valence-corrected chi connectivity index (χ1v) is 9.01. The molecule has 0 radical (unpaired) electrons. The monoisotopic (exact) mass is 367 g/mol. The number of carbonyl (C=O) groups is 1. The fourth-order valence-electron chi connectivity index (χ4n) is 2.17. The molecule has 2 N–H and O–H groups in total. The highest BCUT2D eigenvalue weighted by molar-refractivity contribution is 7.89. The van der Waals surface area contributed by atoms with Crippen molar-refractivity contribution in [1.82, 2.24) is 4.72 Å². The summed E-state index contributed by atoms with van der Waals surface area (Å²) < 4.78 is 44.9. The summed E-state index contributed by atoms with van der Waals surface area (Å²) in [5.41, 5.74) is 0.349. The molecule has 0 saturated carbocycles. The van der Waals surface area contributed by atoms with Gasteiger partial charge in [-0.2, -0.15) is 4.72 Å². The Labute approximate surface area is 145 Å². The van der Waals surface area contributed by atoms with Gasteiger partial charge in [0.25, 0.3) is 0 Å². The van der Waals surface area contributed by atoms with Crippen molar-refractivity contribution in [3.05, 3.63) is 66.0 Å². The topological polar surface area (TPSA) is 92.7 Å². The summed E-state index contributed by atoms with van der Waals surface area (Å²) in [6.45, 7) is 1.59. The zero-order valence-corrected chi connectivity index (χ0v) is 14.2. The molecule has 0 heterocycles. The van der Waals surface area contributed by atoms with Crippen LogP contribution in [-0.2, 0) is 19.6 Å². The van der Waals surface area contributed by atoms with Crippen molar-refractivity contribution >= 4 is 16.0 Å². The van der Waals surface area contributed by atoms with E-state index in [1.54, 1.807) is 37.3 Å². The molecule has 0 aromatic heterocycles. The molecule has 0 spiro atoms. The zero-order valence-electron chi connectivity index (χ0n) is 13.4. The fraction of sp³-hybridized carbons (Fsp3) is 0.235. The lowest BCUT2D eigenvalue weighted by Crippen LogP contribution is -2.45. The zero-order chi connectivity index (χ0) is 18.4. The lowest BCUT2D eigenvalue weighted by Gasteiger charge is -2.22. The highest BCUT2D eigenvalue weighted by Crippen LogP contribution is 2.20. The van der Waals surface area contributed by atoms with Crippen molar-refractivity contribution in [2.24, 2.45) is 0 Å². The Bertz CT molecular complexity index is 809. The Morgan fingerprint density at radius 3 is 2.32 bits per heavy atom. The van der Waals surface area contributed by atoms with Crippen LogP contribution >= 0.6 is 0 Å². The van der Waals surface area contributed by atoms with E-state index in [1.807, 2.05) is 0 Å². The van der Waals surface area contributed by atoms with Crippen molar-refractivity contribution in [2.45, 2.75) is 24.0 Å². The average molecular weight is 367 g/mol. The number of esters is 1. The van der Waals surface area contributed by atoms with Crippen LogP contribution < -0.4 is 4.72 Å². The third kappa shape index (κ3) is 4.85. The molecule has 6 nitrogen and oxygen atoms in total. The minimum absolute atomic E-state index is 0.0229. The molecule has 0 aliphatic rings. The molecule has 2 rings (SSSR count). The van der Waals surface area contributed by atoms with Gasteiger partial charge in [0.1, 0.15) is 18.0 Å². The normalized spacial score (nSPS) is 13.9. The van der Waals surface area contributed by atoms with Gasteiger partial charge in [-0.05, 0) is 36.8 Å². The van der Waals surface area contributed by atoms with Gasteiger partial charge < -0.3 is 9.84 Å². The van der Waals surface area contributed by atoms with E-state index in [4.69, 9.17) is 4.74 Å². The maximum atomic E-state index is 13.0. The summed E-state index contributed by atoms with van der Waals surface area (Å²) in [7, 11) is -4.17. The summed E-state index contributed by atoms with van der Waals surface area (Å²) in [5.74, 6) is -1.50. The van der Waals surface area contributed by atoms with Crippen molar-refractivity contribution < 1.29 is 27.4 Å². The van der Waals surface area contributed by atoms with E-state index in [2.05, 4.69) is 4.72 Å². The summed E-state index contributed by atoms with van der Waals surface area (Å²) in [6, 6.07) is 10.7. The minimum Gasteiger partial charge on any atom is -0.465 e. The molecule has 0 bridgehead atoms. The van der Waals surface area contributed by atoms with Crippen LogP contribution in [0.1, 0.15) is 18.6 Å². The Hall–Kier alpha value is -2.29. The first-order valence-electron chi connectivity index (χ1n) is 7.52. The second-order valence-corrected chi connectivity index (χ2v) is 6.87. The molecular weight excluding hydrogens is 349 g/mol. The summed E-state index contributed by atoms with van der Waals surface area (Å²) >= 11 is 0. The van der Waals surface area contributed by atoms with E-state index in [-0.39, 0.29) is 11.5 Å². The van der Waals surface area contributed by atoms with E-state index in [1.165, 1.54) is 0 Å². The number of nitrogens with one attached hydrogen (secondary N) is 1. The SMILES string of the molecule is CCOC(=O)C(NS(=O)(=O)c1ccc(F)cc1)C(O)c1ccccc1. The summed E-state index contributed by atoms with van der Waals surface area (Å²) in [6.07, 6.45) is -1.45. The van der Waals surface area contributed by atoms with Crippen LogP contribution in [0.2, 0.25) is 0 Å². The van der Waals surface area contributed by atoms with Crippen LogP contribution in [-0.4, -0.2) is 32.1 Å². The highest BCUT2D eigenvalue weighted by atomic mass is 32.2. The van der Waals surface area contributed by atoms with E-state index < -0.39 is 34.0 Å². The number of rotatable bonds is 7. The van der Waals surface area contributed by atoms with Gasteiger partial charge in [-0.15, -0.1) is 0 Å². The van der Waals surface area contributed by atoms with Gasteiger partial charge in [0.15, 0.2) is 0 Å². The molecule has 0 fully saturated rings. The Morgan fingerprint density at radius 2 is 1.76 bits per heavy atom. The second-order valence-electron chi connectivity index (χ2n) is 5.16. The van der Waals surface area contributed by atoms with Crippen molar-refractivity contribution in [2.75, 3.05) is 6.61 Å². The fourth-order valence-corrected chi connectivity index (χ4v) is 3.36. The number of aliphatic hydroxyl groups excluding tert-OH is 1. The minimum atomic E-state index is -4.17. The van der Waals surface area contributed by atoms with E-state index in [9.17, 15) is 22.7 Å². The lowest BCUT2D eigenvalue weighted by molar-refractivity contribution is -0.148. The summed E-state index contributed by atoms with van der Waals surface area (Å²) in [4.78, 5) is 11.9. The van der Waals surface area contributed by atoms with Gasteiger partial charge in [-0.3, -0.25) is 4.79 Å². The van der Waals surface area contributed by atoms with Gasteiger partial charge in [-0.1, -0.05) is 30.3 Å². The van der Waals surface area contributed by atoms with Crippen molar-refractivity contribution in [3.8, 4) is 0 Å². The van der Waals surface area contributed by atoms with Gasteiger partial charge in [0.2, 0.25) is 10.0 Å². The van der Waals surface area contributed by atoms with E-state index in [0.717, 1.165) is 24.3 Å². The number of hydrogen-bond acceptors (Lipinski definition) is 5. The molecule has 0 aliphatic carbocycles. The molecule has 2 unspecified atom stereocenters. The van der Waals surface area contributed by atoms with E-state index >= 15 is 0 Å². The molecule has 0 saturated heterocycles. The number of aliphatic hydroxyl groups is 1. The molecule has 134 valence electrons.